The minimum absolute atomic E-state index is 0.148. The van der Waals surface area contributed by atoms with Gasteiger partial charge in [-0.3, -0.25) is 4.99 Å². The van der Waals surface area contributed by atoms with Gasteiger partial charge in [-0.2, -0.15) is 0 Å². The zero-order valence-electron chi connectivity index (χ0n) is 9.31. The maximum Gasteiger partial charge on any atom is 0.128 e. The van der Waals surface area contributed by atoms with Crippen LogP contribution in [0.3, 0.4) is 0 Å². The van der Waals surface area contributed by atoms with Crippen molar-refractivity contribution in [2.45, 2.75) is 39.0 Å². The summed E-state index contributed by atoms with van der Waals surface area (Å²) in [7, 11) is 0. The number of aliphatic imine (C=N–C) groups is 1. The number of halogens is 1. The van der Waals surface area contributed by atoms with Gasteiger partial charge >= 0.3 is 0 Å². The number of hydrogen-bond acceptors (Lipinski definition) is 1. The fourth-order valence-corrected chi connectivity index (χ4v) is 2.54. The number of benzene rings is 1. The van der Waals surface area contributed by atoms with Crippen molar-refractivity contribution in [2.24, 2.45) is 4.99 Å². The fourth-order valence-electron chi connectivity index (χ4n) is 2.54. The predicted octanol–water partition coefficient (Wildman–Crippen LogP) is 3.91. The van der Waals surface area contributed by atoms with E-state index in [-0.39, 0.29) is 5.82 Å². The molecule has 0 N–H and O–H groups in total. The third-order valence-corrected chi connectivity index (χ3v) is 3.40. The molecule has 0 heterocycles. The van der Waals surface area contributed by atoms with Crippen molar-refractivity contribution in [1.82, 2.24) is 0 Å². The Morgan fingerprint density at radius 1 is 1.53 bits per heavy atom. The zero-order valence-corrected chi connectivity index (χ0v) is 9.31. The standard InChI is InChI=1S/C13H16FN/c1-8-5-4-6-10-9(2)11(14)7-12(15-3)13(8)10/h7-8H,3-6H2,1-2H3. The molecule has 0 aliphatic heterocycles. The van der Waals surface area contributed by atoms with Gasteiger partial charge in [-0.25, -0.2) is 4.39 Å². The highest BCUT2D eigenvalue weighted by Crippen LogP contribution is 2.40. The first-order chi connectivity index (χ1) is 7.15. The third-order valence-electron chi connectivity index (χ3n) is 3.40. The number of rotatable bonds is 1. The molecule has 0 aromatic heterocycles. The molecule has 0 saturated carbocycles. The summed E-state index contributed by atoms with van der Waals surface area (Å²) in [5.74, 6) is 0.332. The summed E-state index contributed by atoms with van der Waals surface area (Å²) in [6.45, 7) is 7.57. The molecule has 2 heteroatoms. The summed E-state index contributed by atoms with van der Waals surface area (Å²) in [6.07, 6.45) is 3.29. The normalized spacial score (nSPS) is 19.8. The van der Waals surface area contributed by atoms with Gasteiger partial charge in [-0.05, 0) is 55.5 Å². The van der Waals surface area contributed by atoms with Gasteiger partial charge in [0.25, 0.3) is 0 Å². The van der Waals surface area contributed by atoms with Gasteiger partial charge in [0.1, 0.15) is 5.82 Å². The van der Waals surface area contributed by atoms with E-state index >= 15 is 0 Å². The highest BCUT2D eigenvalue weighted by atomic mass is 19.1. The summed E-state index contributed by atoms with van der Waals surface area (Å²) in [4.78, 5) is 3.95. The van der Waals surface area contributed by atoms with Crippen molar-refractivity contribution in [3.63, 3.8) is 0 Å². The molecule has 1 atom stereocenters. The van der Waals surface area contributed by atoms with Gasteiger partial charge in [-0.1, -0.05) is 6.92 Å². The van der Waals surface area contributed by atoms with E-state index in [1.807, 2.05) is 6.92 Å². The molecule has 0 radical (unpaired) electrons. The fraction of sp³-hybridized carbons (Fsp3) is 0.462. The third kappa shape index (κ3) is 1.58. The van der Waals surface area contributed by atoms with Crippen molar-refractivity contribution in [2.75, 3.05) is 0 Å². The van der Waals surface area contributed by atoms with Crippen molar-refractivity contribution in [1.29, 1.82) is 0 Å². The first-order valence-electron chi connectivity index (χ1n) is 5.43. The molecule has 15 heavy (non-hydrogen) atoms. The second kappa shape index (κ2) is 3.76. The van der Waals surface area contributed by atoms with E-state index in [2.05, 4.69) is 18.6 Å². The van der Waals surface area contributed by atoms with Crippen LogP contribution in [-0.2, 0) is 6.42 Å². The number of hydrogen-bond donors (Lipinski definition) is 0. The molecule has 0 amide bonds. The lowest BCUT2D eigenvalue weighted by atomic mass is 9.81. The first kappa shape index (κ1) is 10.3. The molecule has 1 nitrogen and oxygen atoms in total. The Hall–Kier alpha value is -1.18. The Morgan fingerprint density at radius 2 is 2.27 bits per heavy atom. The highest BCUT2D eigenvalue weighted by Gasteiger charge is 2.23. The topological polar surface area (TPSA) is 12.4 Å². The second-order valence-corrected chi connectivity index (χ2v) is 4.35. The Morgan fingerprint density at radius 3 is 2.93 bits per heavy atom. The van der Waals surface area contributed by atoms with Gasteiger partial charge in [-0.15, -0.1) is 0 Å². The summed E-state index contributed by atoms with van der Waals surface area (Å²) in [5, 5.41) is 0. The molecule has 1 aliphatic carbocycles. The van der Waals surface area contributed by atoms with Crippen LogP contribution in [-0.4, -0.2) is 6.72 Å². The second-order valence-electron chi connectivity index (χ2n) is 4.35. The van der Waals surface area contributed by atoms with E-state index in [1.165, 1.54) is 18.1 Å². The van der Waals surface area contributed by atoms with E-state index in [0.29, 0.717) is 5.92 Å². The highest BCUT2D eigenvalue weighted by molar-refractivity contribution is 5.59. The molecule has 1 aromatic carbocycles. The summed E-state index contributed by atoms with van der Waals surface area (Å²) < 4.78 is 13.6. The zero-order chi connectivity index (χ0) is 11.0. The van der Waals surface area contributed by atoms with E-state index in [4.69, 9.17) is 0 Å². The molecule has 0 spiro atoms. The van der Waals surface area contributed by atoms with Crippen LogP contribution in [0.5, 0.6) is 0 Å². The molecule has 1 unspecified atom stereocenters. The molecular formula is C13H16FN. The quantitative estimate of drug-likeness (QED) is 0.616. The molecular weight excluding hydrogens is 189 g/mol. The SMILES string of the molecule is C=Nc1cc(F)c(C)c2c1C(C)CCC2. The largest absolute Gasteiger partial charge is 0.264 e. The molecule has 0 fully saturated rings. The molecule has 1 aliphatic rings. The van der Waals surface area contributed by atoms with Crippen LogP contribution in [0.25, 0.3) is 0 Å². The molecule has 0 bridgehead atoms. The monoisotopic (exact) mass is 205 g/mol. The van der Waals surface area contributed by atoms with Crippen LogP contribution in [0, 0.1) is 12.7 Å². The van der Waals surface area contributed by atoms with Crippen LogP contribution in [0.2, 0.25) is 0 Å². The van der Waals surface area contributed by atoms with Crippen LogP contribution in [0.4, 0.5) is 10.1 Å². The maximum atomic E-state index is 13.6. The Balaban J connectivity index is 2.70. The average Bonchev–Trinajstić information content (AvgIpc) is 2.23. The van der Waals surface area contributed by atoms with E-state index < -0.39 is 0 Å². The van der Waals surface area contributed by atoms with Gasteiger partial charge in [0.2, 0.25) is 0 Å². The van der Waals surface area contributed by atoms with Crippen LogP contribution < -0.4 is 0 Å². The summed E-state index contributed by atoms with van der Waals surface area (Å²) in [6, 6.07) is 1.52. The van der Waals surface area contributed by atoms with Gasteiger partial charge in [0.15, 0.2) is 0 Å². The van der Waals surface area contributed by atoms with Gasteiger partial charge < -0.3 is 0 Å². The number of fused-ring (bicyclic) bond motifs is 1. The molecule has 0 saturated heterocycles. The van der Waals surface area contributed by atoms with Gasteiger partial charge in [0.05, 0.1) is 5.69 Å². The van der Waals surface area contributed by atoms with E-state index in [0.717, 1.165) is 29.7 Å². The summed E-state index contributed by atoms with van der Waals surface area (Å²) in [5.41, 5.74) is 3.91. The van der Waals surface area contributed by atoms with Gasteiger partial charge in [0, 0.05) is 6.07 Å². The molecule has 2 rings (SSSR count). The van der Waals surface area contributed by atoms with E-state index in [9.17, 15) is 4.39 Å². The van der Waals surface area contributed by atoms with Crippen LogP contribution >= 0.6 is 0 Å². The van der Waals surface area contributed by atoms with Crippen molar-refractivity contribution >= 4 is 12.4 Å². The smallest absolute Gasteiger partial charge is 0.128 e. The first-order valence-corrected chi connectivity index (χ1v) is 5.43. The summed E-state index contributed by atoms with van der Waals surface area (Å²) >= 11 is 0. The predicted molar refractivity (Wildman–Crippen MR) is 61.7 cm³/mol. The van der Waals surface area contributed by atoms with E-state index in [1.54, 1.807) is 0 Å². The molecule has 1 aromatic rings. The van der Waals surface area contributed by atoms with Crippen LogP contribution in [0.1, 0.15) is 42.4 Å². The Bertz CT molecular complexity index is 409. The van der Waals surface area contributed by atoms with Crippen molar-refractivity contribution in [3.8, 4) is 0 Å². The average molecular weight is 205 g/mol. The lowest BCUT2D eigenvalue weighted by molar-refractivity contribution is 0.570. The number of nitrogens with zero attached hydrogens (tertiary/aromatic N) is 1. The van der Waals surface area contributed by atoms with Crippen LogP contribution in [0.15, 0.2) is 11.1 Å². The minimum Gasteiger partial charge on any atom is -0.264 e. The minimum atomic E-state index is -0.148. The Kier molecular flexibility index (Phi) is 2.59. The Labute approximate surface area is 90.0 Å². The van der Waals surface area contributed by atoms with Crippen molar-refractivity contribution < 1.29 is 4.39 Å². The molecule has 80 valence electrons. The lowest BCUT2D eigenvalue weighted by Gasteiger charge is -2.25. The maximum absolute atomic E-state index is 13.6. The van der Waals surface area contributed by atoms with Crippen molar-refractivity contribution in [3.05, 3.63) is 28.6 Å². The lowest BCUT2D eigenvalue weighted by Crippen LogP contribution is -2.10.